The molecule has 5 nitrogen and oxygen atoms in total. The second kappa shape index (κ2) is 6.91. The van der Waals surface area contributed by atoms with Crippen molar-refractivity contribution in [1.29, 1.82) is 0 Å². The summed E-state index contributed by atoms with van der Waals surface area (Å²) in [5.74, 6) is -1.15. The number of nitrogens with zero attached hydrogens (tertiary/aromatic N) is 1. The molecular weight excluding hydrogens is 351 g/mol. The van der Waals surface area contributed by atoms with Crippen LogP contribution in [0.1, 0.15) is 21.7 Å². The molecule has 26 heavy (non-hydrogen) atoms. The van der Waals surface area contributed by atoms with Crippen molar-refractivity contribution in [2.24, 2.45) is 0 Å². The van der Waals surface area contributed by atoms with Gasteiger partial charge in [-0.15, -0.1) is 0 Å². The first-order valence-electron chi connectivity index (χ1n) is 7.43. The Kier molecular flexibility index (Phi) is 4.66. The molecule has 0 unspecified atom stereocenters. The van der Waals surface area contributed by atoms with Crippen LogP contribution < -0.4 is 4.74 Å². The van der Waals surface area contributed by atoms with Gasteiger partial charge in [-0.05, 0) is 30.3 Å². The number of aromatic nitrogens is 1. The first kappa shape index (κ1) is 17.5. The molecule has 0 aliphatic rings. The Balaban J connectivity index is 1.71. The molecule has 8 heteroatoms. The van der Waals surface area contributed by atoms with E-state index in [-0.39, 0.29) is 17.9 Å². The molecule has 3 aromatic rings. The van der Waals surface area contributed by atoms with Crippen molar-refractivity contribution in [3.05, 3.63) is 71.5 Å². The van der Waals surface area contributed by atoms with Gasteiger partial charge in [-0.2, -0.15) is 13.2 Å². The number of hydrogen-bond acceptors (Lipinski definition) is 4. The third-order valence-electron chi connectivity index (χ3n) is 3.59. The van der Waals surface area contributed by atoms with Crippen molar-refractivity contribution >= 4 is 5.97 Å². The van der Waals surface area contributed by atoms with Crippen LogP contribution in [0.2, 0.25) is 0 Å². The minimum absolute atomic E-state index is 0.0340. The minimum Gasteiger partial charge on any atom is -0.489 e. The van der Waals surface area contributed by atoms with Crippen molar-refractivity contribution in [3.8, 4) is 17.0 Å². The smallest absolute Gasteiger partial charge is 0.416 e. The van der Waals surface area contributed by atoms with Crippen molar-refractivity contribution in [1.82, 2.24) is 5.16 Å². The molecule has 0 radical (unpaired) electrons. The molecule has 1 N–H and O–H groups in total. The van der Waals surface area contributed by atoms with Gasteiger partial charge in [-0.3, -0.25) is 0 Å². The Hall–Kier alpha value is -3.29. The number of rotatable bonds is 5. The molecule has 134 valence electrons. The highest BCUT2D eigenvalue weighted by atomic mass is 19.4. The van der Waals surface area contributed by atoms with E-state index in [0.29, 0.717) is 17.0 Å². The van der Waals surface area contributed by atoms with Gasteiger partial charge in [-0.25, -0.2) is 4.79 Å². The van der Waals surface area contributed by atoms with Gasteiger partial charge >= 0.3 is 12.1 Å². The summed E-state index contributed by atoms with van der Waals surface area (Å²) in [5.41, 5.74) is 0.216. The van der Waals surface area contributed by atoms with E-state index < -0.39 is 17.7 Å². The van der Waals surface area contributed by atoms with Crippen molar-refractivity contribution < 1.29 is 32.3 Å². The van der Waals surface area contributed by atoms with Crippen LogP contribution in [0.3, 0.4) is 0 Å². The quantitative estimate of drug-likeness (QED) is 0.715. The second-order valence-electron chi connectivity index (χ2n) is 5.35. The molecule has 1 aromatic heterocycles. The lowest BCUT2D eigenvalue weighted by molar-refractivity contribution is -0.138. The van der Waals surface area contributed by atoms with Crippen LogP contribution in [0.25, 0.3) is 11.3 Å². The first-order valence-corrected chi connectivity index (χ1v) is 7.43. The van der Waals surface area contributed by atoms with E-state index in [0.717, 1.165) is 6.07 Å². The fraction of sp³-hybridized carbons (Fsp3) is 0.111. The van der Waals surface area contributed by atoms with Gasteiger partial charge in [0.1, 0.15) is 18.1 Å². The number of halogens is 3. The van der Waals surface area contributed by atoms with E-state index in [4.69, 9.17) is 9.84 Å². The Morgan fingerprint density at radius 2 is 1.81 bits per heavy atom. The normalized spacial score (nSPS) is 11.3. The van der Waals surface area contributed by atoms with Crippen LogP contribution in [0.5, 0.6) is 5.75 Å². The van der Waals surface area contributed by atoms with Crippen LogP contribution in [0.4, 0.5) is 13.2 Å². The Bertz CT molecular complexity index is 917. The van der Waals surface area contributed by atoms with Gasteiger partial charge in [0, 0.05) is 17.2 Å². The summed E-state index contributed by atoms with van der Waals surface area (Å²) >= 11 is 0. The van der Waals surface area contributed by atoms with Crippen LogP contribution in [-0.2, 0) is 12.8 Å². The zero-order valence-corrected chi connectivity index (χ0v) is 13.2. The Morgan fingerprint density at radius 1 is 1.12 bits per heavy atom. The number of carboxylic acid groups (broad SMARTS) is 1. The zero-order valence-electron chi connectivity index (χ0n) is 13.2. The van der Waals surface area contributed by atoms with Gasteiger partial charge in [-0.1, -0.05) is 23.4 Å². The number of ether oxygens (including phenoxy) is 1. The van der Waals surface area contributed by atoms with Gasteiger partial charge < -0.3 is 14.4 Å². The number of aromatic carboxylic acids is 1. The van der Waals surface area contributed by atoms with Crippen molar-refractivity contribution in [2.75, 3.05) is 0 Å². The fourth-order valence-electron chi connectivity index (χ4n) is 2.32. The topological polar surface area (TPSA) is 72.6 Å². The van der Waals surface area contributed by atoms with Crippen LogP contribution >= 0.6 is 0 Å². The van der Waals surface area contributed by atoms with Crippen LogP contribution in [0.15, 0.2) is 59.1 Å². The number of alkyl halides is 3. The lowest BCUT2D eigenvalue weighted by Gasteiger charge is -2.13. The number of benzene rings is 2. The van der Waals surface area contributed by atoms with Crippen molar-refractivity contribution in [3.63, 3.8) is 0 Å². The molecule has 0 aliphatic heterocycles. The van der Waals surface area contributed by atoms with E-state index >= 15 is 0 Å². The number of carbonyl (C=O) groups is 1. The van der Waals surface area contributed by atoms with Gasteiger partial charge in [0.25, 0.3) is 0 Å². The molecule has 0 fully saturated rings. The molecule has 0 aliphatic carbocycles. The van der Waals surface area contributed by atoms with Crippen molar-refractivity contribution in [2.45, 2.75) is 12.8 Å². The summed E-state index contributed by atoms with van der Waals surface area (Å²) in [6, 6.07) is 12.8. The van der Waals surface area contributed by atoms with Crippen LogP contribution in [0, 0.1) is 0 Å². The number of carboxylic acids is 1. The maximum atomic E-state index is 13.0. The van der Waals surface area contributed by atoms with E-state index in [9.17, 15) is 18.0 Å². The first-order chi connectivity index (χ1) is 12.3. The summed E-state index contributed by atoms with van der Waals surface area (Å²) in [6.45, 7) is -0.234. The summed E-state index contributed by atoms with van der Waals surface area (Å²) in [7, 11) is 0. The van der Waals surface area contributed by atoms with Crippen LogP contribution in [-0.4, -0.2) is 16.2 Å². The SMILES string of the molecule is O=C(O)c1cc(-c2ccc(OCc3ccccc3C(F)(F)F)cc2)no1. The maximum Gasteiger partial charge on any atom is 0.416 e. The summed E-state index contributed by atoms with van der Waals surface area (Å²) in [6.07, 6.45) is -4.45. The lowest BCUT2D eigenvalue weighted by Crippen LogP contribution is -2.10. The Morgan fingerprint density at radius 3 is 2.42 bits per heavy atom. The zero-order chi connectivity index (χ0) is 18.7. The molecule has 0 atom stereocenters. The molecule has 0 bridgehead atoms. The third-order valence-corrected chi connectivity index (χ3v) is 3.59. The standard InChI is InChI=1S/C18H12F3NO4/c19-18(20,21)14-4-2-1-3-12(14)10-25-13-7-5-11(6-8-13)15-9-16(17(23)24)26-22-15/h1-9H,10H2,(H,23,24). The van der Waals surface area contributed by atoms with E-state index in [1.807, 2.05) is 0 Å². The molecular formula is C18H12F3NO4. The molecule has 3 rings (SSSR count). The number of hydrogen-bond donors (Lipinski definition) is 1. The highest BCUT2D eigenvalue weighted by Gasteiger charge is 2.32. The molecule has 0 spiro atoms. The Labute approximate surface area is 145 Å². The van der Waals surface area contributed by atoms with E-state index in [1.165, 1.54) is 24.3 Å². The average Bonchev–Trinajstić information content (AvgIpc) is 3.10. The van der Waals surface area contributed by atoms with Gasteiger partial charge in [0.05, 0.1) is 5.56 Å². The largest absolute Gasteiger partial charge is 0.489 e. The highest BCUT2D eigenvalue weighted by Crippen LogP contribution is 2.32. The molecule has 0 saturated carbocycles. The molecule has 2 aromatic carbocycles. The van der Waals surface area contributed by atoms with Gasteiger partial charge in [0.2, 0.25) is 5.76 Å². The predicted molar refractivity (Wildman–Crippen MR) is 84.7 cm³/mol. The van der Waals surface area contributed by atoms with Gasteiger partial charge in [0.15, 0.2) is 0 Å². The van der Waals surface area contributed by atoms with E-state index in [1.54, 1.807) is 24.3 Å². The summed E-state index contributed by atoms with van der Waals surface area (Å²) in [4.78, 5) is 10.8. The molecule has 1 heterocycles. The summed E-state index contributed by atoms with van der Waals surface area (Å²) < 4.78 is 49.0. The average molecular weight is 363 g/mol. The maximum absolute atomic E-state index is 13.0. The predicted octanol–water partition coefficient (Wildman–Crippen LogP) is 4.64. The summed E-state index contributed by atoms with van der Waals surface area (Å²) in [5, 5.41) is 12.5. The monoisotopic (exact) mass is 363 g/mol. The second-order valence-corrected chi connectivity index (χ2v) is 5.35. The highest BCUT2D eigenvalue weighted by molar-refractivity contribution is 5.85. The lowest BCUT2D eigenvalue weighted by atomic mass is 10.1. The fourth-order valence-corrected chi connectivity index (χ4v) is 2.32. The minimum atomic E-state index is -4.45. The third kappa shape index (κ3) is 3.85. The van der Waals surface area contributed by atoms with E-state index in [2.05, 4.69) is 9.68 Å². The molecule has 0 amide bonds. The molecule has 0 saturated heterocycles.